The Balaban J connectivity index is 1.47. The van der Waals surface area contributed by atoms with Crippen LogP contribution in [0.1, 0.15) is 45.9 Å². The number of benzene rings is 2. The number of hydrogen-bond acceptors (Lipinski definition) is 4. The maximum Gasteiger partial charge on any atom is 0.335 e. The molecule has 2 atom stereocenters. The minimum absolute atomic E-state index is 0.116. The molecule has 0 spiro atoms. The third-order valence-corrected chi connectivity index (χ3v) is 7.30. The molecule has 0 unspecified atom stereocenters. The normalized spacial score (nSPS) is 22.4. The van der Waals surface area contributed by atoms with Gasteiger partial charge in [0.15, 0.2) is 0 Å². The molecule has 1 aromatic heterocycles. The van der Waals surface area contributed by atoms with Crippen molar-refractivity contribution in [3.63, 3.8) is 0 Å². The first-order valence-electron chi connectivity index (χ1n) is 11.5. The molecular formula is C26H30FN3O3. The summed E-state index contributed by atoms with van der Waals surface area (Å²) >= 11 is 0. The van der Waals surface area contributed by atoms with Gasteiger partial charge < -0.3 is 14.8 Å². The maximum absolute atomic E-state index is 13.5. The number of piperidine rings is 1. The van der Waals surface area contributed by atoms with E-state index in [1.54, 1.807) is 19.2 Å². The van der Waals surface area contributed by atoms with Gasteiger partial charge in [-0.1, -0.05) is 12.1 Å². The average molecular weight is 452 g/mol. The summed E-state index contributed by atoms with van der Waals surface area (Å²) in [4.78, 5) is 19.4. The number of nitrogens with one attached hydrogen (secondary N) is 1. The van der Waals surface area contributed by atoms with E-state index in [1.165, 1.54) is 0 Å². The Morgan fingerprint density at radius 1 is 1.24 bits per heavy atom. The number of aromatic carboxylic acids is 1. The van der Waals surface area contributed by atoms with Gasteiger partial charge >= 0.3 is 5.97 Å². The third-order valence-electron chi connectivity index (χ3n) is 7.30. The highest BCUT2D eigenvalue weighted by Crippen LogP contribution is 2.39. The summed E-state index contributed by atoms with van der Waals surface area (Å²) in [6.07, 6.45) is 3.13. The van der Waals surface area contributed by atoms with Gasteiger partial charge in [0.25, 0.3) is 0 Å². The van der Waals surface area contributed by atoms with Gasteiger partial charge in [-0.2, -0.15) is 0 Å². The van der Waals surface area contributed by atoms with Crippen molar-refractivity contribution in [2.75, 3.05) is 26.7 Å². The smallest absolute Gasteiger partial charge is 0.335 e. The van der Waals surface area contributed by atoms with Crippen LogP contribution in [-0.2, 0) is 6.54 Å². The van der Waals surface area contributed by atoms with Crippen LogP contribution < -0.4 is 4.74 Å². The summed E-state index contributed by atoms with van der Waals surface area (Å²) in [7, 11) is 1.71. The van der Waals surface area contributed by atoms with E-state index in [1.807, 2.05) is 18.3 Å². The number of hydrogen-bond donors (Lipinski definition) is 2. The molecule has 3 heterocycles. The molecule has 2 saturated heterocycles. The first kappa shape index (κ1) is 21.9. The van der Waals surface area contributed by atoms with Crippen LogP contribution in [0.25, 0.3) is 10.9 Å². The number of rotatable bonds is 6. The van der Waals surface area contributed by atoms with Crippen LogP contribution in [0.3, 0.4) is 0 Å². The Labute approximate surface area is 193 Å². The summed E-state index contributed by atoms with van der Waals surface area (Å²) in [5.74, 6) is -0.0431. The van der Waals surface area contributed by atoms with E-state index in [4.69, 9.17) is 4.74 Å². The number of halogens is 1. The van der Waals surface area contributed by atoms with Crippen molar-refractivity contribution in [1.82, 2.24) is 14.8 Å². The van der Waals surface area contributed by atoms with Gasteiger partial charge in [-0.15, -0.1) is 0 Å². The number of aromatic nitrogens is 1. The second-order valence-corrected chi connectivity index (χ2v) is 9.28. The second kappa shape index (κ2) is 8.80. The van der Waals surface area contributed by atoms with Crippen LogP contribution in [0.5, 0.6) is 5.75 Å². The highest BCUT2D eigenvalue weighted by molar-refractivity contribution is 5.88. The predicted octanol–water partition coefficient (Wildman–Crippen LogP) is 4.54. The number of carboxylic acid groups (broad SMARTS) is 1. The molecule has 2 aliphatic heterocycles. The van der Waals surface area contributed by atoms with E-state index in [9.17, 15) is 14.3 Å². The molecule has 174 valence electrons. The number of ether oxygens (including phenoxy) is 1. The van der Waals surface area contributed by atoms with Crippen molar-refractivity contribution in [2.45, 2.75) is 44.6 Å². The zero-order valence-corrected chi connectivity index (χ0v) is 19.1. The molecule has 3 aromatic rings. The van der Waals surface area contributed by atoms with Crippen molar-refractivity contribution >= 4 is 16.9 Å². The van der Waals surface area contributed by atoms with Gasteiger partial charge in [-0.25, -0.2) is 9.18 Å². The molecule has 2 fully saturated rings. The molecule has 0 saturated carbocycles. The lowest BCUT2D eigenvalue weighted by Gasteiger charge is -2.48. The lowest BCUT2D eigenvalue weighted by molar-refractivity contribution is -0.0155. The third kappa shape index (κ3) is 4.11. The Bertz CT molecular complexity index is 1150. The van der Waals surface area contributed by atoms with Crippen LogP contribution in [0.15, 0.2) is 42.6 Å². The molecule has 33 heavy (non-hydrogen) atoms. The Morgan fingerprint density at radius 2 is 2.00 bits per heavy atom. The molecule has 2 N–H and O–H groups in total. The predicted molar refractivity (Wildman–Crippen MR) is 126 cm³/mol. The SMILES string of the molecule is COc1cc(C)c2[nH]ccc2c1CN1CC[C@H](N2CC(F)C2)C[C@@H]1c1ccc(C(=O)O)cc1. The number of carbonyl (C=O) groups is 1. The quantitative estimate of drug-likeness (QED) is 0.576. The minimum Gasteiger partial charge on any atom is -0.496 e. The number of aryl methyl sites for hydroxylation is 1. The van der Waals surface area contributed by atoms with Crippen molar-refractivity contribution < 1.29 is 19.0 Å². The monoisotopic (exact) mass is 451 g/mol. The number of H-pyrrole nitrogens is 1. The Morgan fingerprint density at radius 3 is 2.67 bits per heavy atom. The summed E-state index contributed by atoms with van der Waals surface area (Å²) in [5.41, 5.74) is 4.80. The van der Waals surface area contributed by atoms with E-state index < -0.39 is 12.1 Å². The minimum atomic E-state index is -0.922. The zero-order valence-electron chi connectivity index (χ0n) is 19.1. The van der Waals surface area contributed by atoms with Gasteiger partial charge in [0.2, 0.25) is 0 Å². The fourth-order valence-electron chi connectivity index (χ4n) is 5.45. The molecular weight excluding hydrogens is 421 g/mol. The molecule has 0 aliphatic carbocycles. The van der Waals surface area contributed by atoms with Crippen molar-refractivity contribution in [3.8, 4) is 5.75 Å². The van der Waals surface area contributed by atoms with Crippen LogP contribution in [0.2, 0.25) is 0 Å². The lowest BCUT2D eigenvalue weighted by Crippen LogP contribution is -2.56. The summed E-state index contributed by atoms with van der Waals surface area (Å²) in [6.45, 7) is 4.72. The molecule has 5 rings (SSSR count). The molecule has 7 heteroatoms. The zero-order chi connectivity index (χ0) is 23.1. The summed E-state index contributed by atoms with van der Waals surface area (Å²) < 4.78 is 19.3. The number of carboxylic acids is 1. The van der Waals surface area contributed by atoms with Crippen LogP contribution in [0, 0.1) is 6.92 Å². The van der Waals surface area contributed by atoms with E-state index in [-0.39, 0.29) is 11.6 Å². The first-order valence-corrected chi connectivity index (χ1v) is 11.5. The van der Waals surface area contributed by atoms with Crippen LogP contribution in [0.4, 0.5) is 4.39 Å². The number of likely N-dealkylation sites (tertiary alicyclic amines) is 2. The van der Waals surface area contributed by atoms with Gasteiger partial charge in [0.05, 0.1) is 12.7 Å². The average Bonchev–Trinajstić information content (AvgIpc) is 3.30. The Kier molecular flexibility index (Phi) is 5.85. The molecule has 0 bridgehead atoms. The highest BCUT2D eigenvalue weighted by atomic mass is 19.1. The molecule has 6 nitrogen and oxygen atoms in total. The number of methoxy groups -OCH3 is 1. The number of alkyl halides is 1. The fourth-order valence-corrected chi connectivity index (χ4v) is 5.45. The van der Waals surface area contributed by atoms with E-state index in [0.29, 0.717) is 19.1 Å². The second-order valence-electron chi connectivity index (χ2n) is 9.28. The fraction of sp³-hybridized carbons (Fsp3) is 0.423. The maximum atomic E-state index is 13.5. The standard InChI is InChI=1S/C26H30FN3O3/c1-16-11-24(33-2)22(21-7-9-28-25(16)21)15-29-10-8-20(30-13-19(27)14-30)12-23(29)17-3-5-18(6-4-17)26(31)32/h3-7,9,11,19-20,23,28H,8,10,12-15H2,1-2H3,(H,31,32)/t20-,23+/m0/s1. The molecule has 0 radical (unpaired) electrons. The van der Waals surface area contributed by atoms with Crippen molar-refractivity contribution in [3.05, 3.63) is 64.8 Å². The van der Waals surface area contributed by atoms with Gasteiger partial charge in [-0.05, 0) is 55.2 Å². The van der Waals surface area contributed by atoms with Gasteiger partial charge in [-0.3, -0.25) is 9.80 Å². The van der Waals surface area contributed by atoms with Crippen LogP contribution >= 0.6 is 0 Å². The first-order chi connectivity index (χ1) is 15.9. The number of nitrogens with zero attached hydrogens (tertiary/aromatic N) is 2. The molecule has 0 amide bonds. The van der Waals surface area contributed by atoms with Crippen molar-refractivity contribution in [2.24, 2.45) is 0 Å². The van der Waals surface area contributed by atoms with E-state index >= 15 is 0 Å². The molecule has 2 aromatic carbocycles. The van der Waals surface area contributed by atoms with E-state index in [2.05, 4.69) is 33.8 Å². The van der Waals surface area contributed by atoms with E-state index in [0.717, 1.165) is 59.3 Å². The molecule has 2 aliphatic rings. The van der Waals surface area contributed by atoms with Crippen molar-refractivity contribution in [1.29, 1.82) is 0 Å². The van der Waals surface area contributed by atoms with Gasteiger partial charge in [0.1, 0.15) is 11.9 Å². The van der Waals surface area contributed by atoms with Gasteiger partial charge in [0, 0.05) is 60.9 Å². The Hall–Kier alpha value is -2.90. The lowest BCUT2D eigenvalue weighted by atomic mass is 9.88. The summed E-state index contributed by atoms with van der Waals surface area (Å²) in [6, 6.07) is 11.8. The van der Waals surface area contributed by atoms with Crippen LogP contribution in [-0.4, -0.2) is 64.8 Å². The number of aromatic amines is 1. The topological polar surface area (TPSA) is 68.8 Å². The largest absolute Gasteiger partial charge is 0.496 e. The number of fused-ring (bicyclic) bond motifs is 1. The summed E-state index contributed by atoms with van der Waals surface area (Å²) in [5, 5.41) is 10.5. The highest BCUT2D eigenvalue weighted by Gasteiger charge is 2.38.